The SMILES string of the molecule is NCCc1cnc(Oc2ccccc2F)nc1. The van der Waals surface area contributed by atoms with Gasteiger partial charge in [0, 0.05) is 12.4 Å². The summed E-state index contributed by atoms with van der Waals surface area (Å²) in [7, 11) is 0. The largest absolute Gasteiger partial charge is 0.421 e. The van der Waals surface area contributed by atoms with E-state index in [1.54, 1.807) is 24.5 Å². The van der Waals surface area contributed by atoms with Gasteiger partial charge in [-0.3, -0.25) is 0 Å². The lowest BCUT2D eigenvalue weighted by Gasteiger charge is -2.04. The Morgan fingerprint density at radius 3 is 2.53 bits per heavy atom. The molecule has 0 unspecified atom stereocenters. The standard InChI is InChI=1S/C12H12FN3O/c13-10-3-1-2-4-11(10)17-12-15-7-9(5-6-14)8-16-12/h1-4,7-8H,5-6,14H2. The average molecular weight is 233 g/mol. The van der Waals surface area contributed by atoms with Crippen LogP contribution >= 0.6 is 0 Å². The summed E-state index contributed by atoms with van der Waals surface area (Å²) in [6, 6.07) is 6.23. The number of para-hydroxylation sites is 1. The van der Waals surface area contributed by atoms with Crippen molar-refractivity contribution < 1.29 is 9.13 Å². The fourth-order valence-corrected chi connectivity index (χ4v) is 1.32. The molecule has 1 heterocycles. The summed E-state index contributed by atoms with van der Waals surface area (Å²) in [5, 5.41) is 0. The van der Waals surface area contributed by atoms with Gasteiger partial charge in [-0.2, -0.15) is 0 Å². The highest BCUT2D eigenvalue weighted by Crippen LogP contribution is 2.20. The minimum Gasteiger partial charge on any atom is -0.421 e. The van der Waals surface area contributed by atoms with E-state index < -0.39 is 5.82 Å². The predicted octanol–water partition coefficient (Wildman–Crippen LogP) is 1.91. The van der Waals surface area contributed by atoms with Crippen molar-refractivity contribution in [3.05, 3.63) is 48.0 Å². The van der Waals surface area contributed by atoms with Crippen molar-refractivity contribution in [3.8, 4) is 11.8 Å². The third kappa shape index (κ3) is 2.98. The molecule has 2 N–H and O–H groups in total. The molecule has 0 atom stereocenters. The van der Waals surface area contributed by atoms with Crippen molar-refractivity contribution in [2.24, 2.45) is 5.73 Å². The number of nitrogens with two attached hydrogens (primary N) is 1. The fraction of sp³-hybridized carbons (Fsp3) is 0.167. The molecule has 1 aromatic carbocycles. The van der Waals surface area contributed by atoms with E-state index in [4.69, 9.17) is 10.5 Å². The van der Waals surface area contributed by atoms with E-state index in [2.05, 4.69) is 9.97 Å². The Kier molecular flexibility index (Phi) is 3.62. The summed E-state index contributed by atoms with van der Waals surface area (Å²) in [6.45, 7) is 0.539. The summed E-state index contributed by atoms with van der Waals surface area (Å²) < 4.78 is 18.5. The Bertz CT molecular complexity index is 487. The van der Waals surface area contributed by atoms with Gasteiger partial charge in [0.15, 0.2) is 11.6 Å². The van der Waals surface area contributed by atoms with Crippen LogP contribution in [0.15, 0.2) is 36.7 Å². The van der Waals surface area contributed by atoms with Crippen molar-refractivity contribution in [2.75, 3.05) is 6.54 Å². The molecule has 0 aliphatic carbocycles. The number of halogens is 1. The first-order valence-electron chi connectivity index (χ1n) is 5.23. The first-order chi connectivity index (χ1) is 8.29. The van der Waals surface area contributed by atoms with Crippen LogP contribution in [0.3, 0.4) is 0 Å². The van der Waals surface area contributed by atoms with E-state index >= 15 is 0 Å². The molecule has 88 valence electrons. The van der Waals surface area contributed by atoms with Gasteiger partial charge in [0.1, 0.15) is 0 Å². The molecule has 4 nitrogen and oxygen atoms in total. The smallest absolute Gasteiger partial charge is 0.321 e. The minimum absolute atomic E-state index is 0.110. The lowest BCUT2D eigenvalue weighted by atomic mass is 10.2. The van der Waals surface area contributed by atoms with Crippen LogP contribution in [-0.4, -0.2) is 16.5 Å². The molecule has 0 radical (unpaired) electrons. The van der Waals surface area contributed by atoms with Gasteiger partial charge in [-0.05, 0) is 30.7 Å². The molecular formula is C12H12FN3O. The van der Waals surface area contributed by atoms with E-state index in [0.717, 1.165) is 5.56 Å². The zero-order valence-corrected chi connectivity index (χ0v) is 9.14. The number of nitrogens with zero attached hydrogens (tertiary/aromatic N) is 2. The highest BCUT2D eigenvalue weighted by atomic mass is 19.1. The lowest BCUT2D eigenvalue weighted by molar-refractivity contribution is 0.410. The van der Waals surface area contributed by atoms with E-state index in [1.807, 2.05) is 0 Å². The third-order valence-electron chi connectivity index (χ3n) is 2.15. The van der Waals surface area contributed by atoms with Crippen molar-refractivity contribution >= 4 is 0 Å². The van der Waals surface area contributed by atoms with Gasteiger partial charge < -0.3 is 10.5 Å². The van der Waals surface area contributed by atoms with Crippen molar-refractivity contribution in [1.29, 1.82) is 0 Å². The second-order valence-electron chi connectivity index (χ2n) is 3.45. The lowest BCUT2D eigenvalue weighted by Crippen LogP contribution is -2.03. The van der Waals surface area contributed by atoms with Gasteiger partial charge >= 0.3 is 6.01 Å². The second kappa shape index (κ2) is 5.36. The van der Waals surface area contributed by atoms with Crippen molar-refractivity contribution in [2.45, 2.75) is 6.42 Å². The van der Waals surface area contributed by atoms with Gasteiger partial charge in [0.25, 0.3) is 0 Å². The summed E-state index contributed by atoms with van der Waals surface area (Å²) in [4.78, 5) is 7.96. The zero-order chi connectivity index (χ0) is 12.1. The quantitative estimate of drug-likeness (QED) is 0.876. The molecule has 0 bridgehead atoms. The first kappa shape index (κ1) is 11.5. The van der Waals surface area contributed by atoms with Gasteiger partial charge in [-0.25, -0.2) is 14.4 Å². The summed E-state index contributed by atoms with van der Waals surface area (Å²) in [5.74, 6) is -0.332. The summed E-state index contributed by atoms with van der Waals surface area (Å²) in [6.07, 6.45) is 3.95. The Morgan fingerprint density at radius 2 is 1.88 bits per heavy atom. The molecule has 2 rings (SSSR count). The van der Waals surface area contributed by atoms with Gasteiger partial charge in [0.2, 0.25) is 0 Å². The average Bonchev–Trinajstić information content (AvgIpc) is 2.35. The molecule has 0 aliphatic rings. The number of hydrogen-bond donors (Lipinski definition) is 1. The summed E-state index contributed by atoms with van der Waals surface area (Å²) in [5.41, 5.74) is 6.33. The third-order valence-corrected chi connectivity index (χ3v) is 2.15. The Balaban J connectivity index is 2.11. The van der Waals surface area contributed by atoms with Crippen LogP contribution in [-0.2, 0) is 6.42 Å². The molecule has 0 saturated carbocycles. The fourth-order valence-electron chi connectivity index (χ4n) is 1.32. The number of ether oxygens (including phenoxy) is 1. The molecule has 0 saturated heterocycles. The topological polar surface area (TPSA) is 61.0 Å². The summed E-state index contributed by atoms with van der Waals surface area (Å²) >= 11 is 0. The Labute approximate surface area is 98.3 Å². The molecular weight excluding hydrogens is 221 g/mol. The highest BCUT2D eigenvalue weighted by Gasteiger charge is 2.05. The number of hydrogen-bond acceptors (Lipinski definition) is 4. The van der Waals surface area contributed by atoms with Crippen molar-refractivity contribution in [1.82, 2.24) is 9.97 Å². The zero-order valence-electron chi connectivity index (χ0n) is 9.14. The monoisotopic (exact) mass is 233 g/mol. The normalized spacial score (nSPS) is 10.2. The maximum absolute atomic E-state index is 13.3. The predicted molar refractivity (Wildman–Crippen MR) is 61.3 cm³/mol. The van der Waals surface area contributed by atoms with E-state index in [0.29, 0.717) is 13.0 Å². The molecule has 0 aliphatic heterocycles. The number of benzene rings is 1. The van der Waals surface area contributed by atoms with Crippen LogP contribution in [0.2, 0.25) is 0 Å². The number of aromatic nitrogens is 2. The number of rotatable bonds is 4. The minimum atomic E-state index is -0.442. The first-order valence-corrected chi connectivity index (χ1v) is 5.23. The van der Waals surface area contributed by atoms with E-state index in [-0.39, 0.29) is 11.8 Å². The molecule has 17 heavy (non-hydrogen) atoms. The van der Waals surface area contributed by atoms with Crippen LogP contribution in [0.4, 0.5) is 4.39 Å². The Hall–Kier alpha value is -2.01. The highest BCUT2D eigenvalue weighted by molar-refractivity contribution is 5.26. The van der Waals surface area contributed by atoms with E-state index in [9.17, 15) is 4.39 Å². The van der Waals surface area contributed by atoms with Crippen LogP contribution in [0.1, 0.15) is 5.56 Å². The maximum Gasteiger partial charge on any atom is 0.321 e. The Morgan fingerprint density at radius 1 is 1.18 bits per heavy atom. The van der Waals surface area contributed by atoms with Crippen LogP contribution in [0.25, 0.3) is 0 Å². The van der Waals surface area contributed by atoms with Gasteiger partial charge in [0.05, 0.1) is 0 Å². The molecule has 0 fully saturated rings. The van der Waals surface area contributed by atoms with Gasteiger partial charge in [-0.15, -0.1) is 0 Å². The second-order valence-corrected chi connectivity index (χ2v) is 3.45. The van der Waals surface area contributed by atoms with E-state index in [1.165, 1.54) is 12.1 Å². The van der Waals surface area contributed by atoms with Crippen LogP contribution in [0, 0.1) is 5.82 Å². The van der Waals surface area contributed by atoms with Crippen molar-refractivity contribution in [3.63, 3.8) is 0 Å². The van der Waals surface area contributed by atoms with Crippen LogP contribution < -0.4 is 10.5 Å². The molecule has 5 heteroatoms. The molecule has 0 spiro atoms. The molecule has 2 aromatic rings. The molecule has 0 amide bonds. The maximum atomic E-state index is 13.3. The van der Waals surface area contributed by atoms with Crippen LogP contribution in [0.5, 0.6) is 11.8 Å². The molecule has 1 aromatic heterocycles. The van der Waals surface area contributed by atoms with Gasteiger partial charge in [-0.1, -0.05) is 12.1 Å².